The Labute approximate surface area is 173 Å². The smallest absolute Gasteiger partial charge is 0.235 e. The highest BCUT2D eigenvalue weighted by Gasteiger charge is 2.49. The molecule has 5 rings (SSSR count). The maximum absolute atomic E-state index is 13.5. The number of methoxy groups -OCH3 is 2. The standard InChI is InChI=1S/C23H22O7/c1-23(2)8-7-11-14(30-23)6-5-12-19(24)18-13-9-16(26-3)17(27-4)10-15(13)28-22(25)21(18)29-20(11)12/h5-10,18,21-22,25H,1-4H3/t18-,21+,22-/m1/s1. The molecule has 2 aromatic rings. The van der Waals surface area contributed by atoms with Gasteiger partial charge in [0.1, 0.15) is 22.8 Å². The Hall–Kier alpha value is -3.19. The van der Waals surface area contributed by atoms with Crippen LogP contribution >= 0.6 is 0 Å². The highest BCUT2D eigenvalue weighted by atomic mass is 16.6. The van der Waals surface area contributed by atoms with E-state index in [4.69, 9.17) is 23.7 Å². The highest BCUT2D eigenvalue weighted by molar-refractivity contribution is 6.06. The molecule has 0 fully saturated rings. The lowest BCUT2D eigenvalue weighted by molar-refractivity contribution is -0.112. The first-order valence-electron chi connectivity index (χ1n) is 9.70. The van der Waals surface area contributed by atoms with Crippen LogP contribution in [0, 0.1) is 0 Å². The topological polar surface area (TPSA) is 83.5 Å². The van der Waals surface area contributed by atoms with Gasteiger partial charge in [0.2, 0.25) is 6.29 Å². The minimum atomic E-state index is -1.32. The first-order chi connectivity index (χ1) is 14.3. The third kappa shape index (κ3) is 2.65. The zero-order chi connectivity index (χ0) is 21.2. The van der Waals surface area contributed by atoms with E-state index in [1.165, 1.54) is 14.2 Å². The molecule has 0 saturated heterocycles. The van der Waals surface area contributed by atoms with Crippen molar-refractivity contribution in [3.8, 4) is 28.7 Å². The van der Waals surface area contributed by atoms with Crippen molar-refractivity contribution >= 4 is 11.9 Å². The number of hydrogen-bond donors (Lipinski definition) is 1. The maximum Gasteiger partial charge on any atom is 0.235 e. The summed E-state index contributed by atoms with van der Waals surface area (Å²) in [6, 6.07) is 6.81. The minimum absolute atomic E-state index is 0.155. The first kappa shape index (κ1) is 18.8. The van der Waals surface area contributed by atoms with Gasteiger partial charge in [0.15, 0.2) is 23.4 Å². The van der Waals surface area contributed by atoms with E-state index in [1.807, 2.05) is 26.0 Å². The lowest BCUT2D eigenvalue weighted by Gasteiger charge is -2.41. The summed E-state index contributed by atoms with van der Waals surface area (Å²) in [7, 11) is 3.03. The summed E-state index contributed by atoms with van der Waals surface area (Å²) >= 11 is 0. The highest BCUT2D eigenvalue weighted by Crippen LogP contribution is 2.50. The number of ether oxygens (including phenoxy) is 5. The van der Waals surface area contributed by atoms with Crippen molar-refractivity contribution in [3.63, 3.8) is 0 Å². The molecule has 0 aliphatic carbocycles. The number of aliphatic hydroxyl groups excluding tert-OH is 1. The molecule has 2 aromatic carbocycles. The van der Waals surface area contributed by atoms with E-state index >= 15 is 0 Å². The maximum atomic E-state index is 13.5. The number of rotatable bonds is 2. The van der Waals surface area contributed by atoms with E-state index in [-0.39, 0.29) is 5.78 Å². The monoisotopic (exact) mass is 410 g/mol. The number of Topliss-reactive ketones (excluding diaryl/α,β-unsaturated/α-hetero) is 1. The van der Waals surface area contributed by atoms with Crippen LogP contribution in [0.25, 0.3) is 6.08 Å². The second kappa shape index (κ2) is 6.40. The summed E-state index contributed by atoms with van der Waals surface area (Å²) in [6.07, 6.45) is 1.59. The van der Waals surface area contributed by atoms with Crippen molar-refractivity contribution in [2.75, 3.05) is 14.2 Å². The third-order valence-electron chi connectivity index (χ3n) is 5.69. The average molecular weight is 410 g/mol. The van der Waals surface area contributed by atoms with Gasteiger partial charge in [0, 0.05) is 11.6 Å². The molecule has 0 spiro atoms. The van der Waals surface area contributed by atoms with Crippen LogP contribution in [0.3, 0.4) is 0 Å². The summed E-state index contributed by atoms with van der Waals surface area (Å²) in [6.45, 7) is 3.90. The number of carbonyl (C=O) groups excluding carboxylic acids is 1. The Morgan fingerprint density at radius 1 is 1.03 bits per heavy atom. The van der Waals surface area contributed by atoms with Crippen LogP contribution in [0.2, 0.25) is 0 Å². The molecule has 0 saturated carbocycles. The fourth-order valence-electron chi connectivity index (χ4n) is 4.23. The molecule has 30 heavy (non-hydrogen) atoms. The van der Waals surface area contributed by atoms with E-state index in [0.29, 0.717) is 45.4 Å². The Bertz CT molecular complexity index is 1090. The van der Waals surface area contributed by atoms with E-state index in [0.717, 1.165) is 0 Å². The van der Waals surface area contributed by atoms with Crippen molar-refractivity contribution < 1.29 is 33.6 Å². The van der Waals surface area contributed by atoms with E-state index in [1.54, 1.807) is 24.3 Å². The van der Waals surface area contributed by atoms with Crippen molar-refractivity contribution in [2.24, 2.45) is 0 Å². The zero-order valence-corrected chi connectivity index (χ0v) is 17.1. The van der Waals surface area contributed by atoms with Gasteiger partial charge in [-0.3, -0.25) is 4.79 Å². The quantitative estimate of drug-likeness (QED) is 0.813. The Morgan fingerprint density at radius 3 is 2.50 bits per heavy atom. The second-order valence-electron chi connectivity index (χ2n) is 8.07. The number of carbonyl (C=O) groups is 1. The van der Waals surface area contributed by atoms with Crippen LogP contribution in [0.1, 0.15) is 41.3 Å². The SMILES string of the molecule is COc1cc2c(cc1OC)[C@@H]1C(=O)c3ccc4c(c3O[C@@H]1[C@H](O)O2)C=CC(C)(C)O4. The van der Waals surface area contributed by atoms with E-state index < -0.39 is 23.9 Å². The molecule has 0 radical (unpaired) electrons. The zero-order valence-electron chi connectivity index (χ0n) is 17.1. The third-order valence-corrected chi connectivity index (χ3v) is 5.69. The molecule has 3 aliphatic heterocycles. The fourth-order valence-corrected chi connectivity index (χ4v) is 4.23. The summed E-state index contributed by atoms with van der Waals surface area (Å²) in [5.74, 6) is 1.42. The average Bonchev–Trinajstić information content (AvgIpc) is 2.72. The molecule has 156 valence electrons. The first-order valence-corrected chi connectivity index (χ1v) is 9.70. The molecule has 7 nitrogen and oxygen atoms in total. The summed E-state index contributed by atoms with van der Waals surface area (Å²) in [5.41, 5.74) is 1.26. The molecule has 0 aromatic heterocycles. The van der Waals surface area contributed by atoms with E-state index in [9.17, 15) is 9.90 Å². The lowest BCUT2D eigenvalue weighted by atomic mass is 9.80. The number of benzene rings is 2. The molecule has 0 unspecified atom stereocenters. The van der Waals surface area contributed by atoms with Gasteiger partial charge in [-0.25, -0.2) is 0 Å². The van der Waals surface area contributed by atoms with Crippen molar-refractivity contribution in [2.45, 2.75) is 37.8 Å². The minimum Gasteiger partial charge on any atom is -0.493 e. The van der Waals surface area contributed by atoms with Crippen molar-refractivity contribution in [1.82, 2.24) is 0 Å². The molecule has 3 aliphatic rings. The van der Waals surface area contributed by atoms with Crippen LogP contribution in [0.4, 0.5) is 0 Å². The number of aliphatic hydroxyl groups is 1. The van der Waals surface area contributed by atoms with Gasteiger partial charge in [0.05, 0.1) is 31.3 Å². The molecule has 0 amide bonds. The molecule has 1 N–H and O–H groups in total. The lowest BCUT2D eigenvalue weighted by Crippen LogP contribution is -2.49. The molecule has 3 heterocycles. The second-order valence-corrected chi connectivity index (χ2v) is 8.07. The molecule has 0 bridgehead atoms. The van der Waals surface area contributed by atoms with Gasteiger partial charge in [0.25, 0.3) is 0 Å². The Balaban J connectivity index is 1.64. The summed E-state index contributed by atoms with van der Waals surface area (Å²) < 4.78 is 28.5. The molecular formula is C23H22O7. The summed E-state index contributed by atoms with van der Waals surface area (Å²) in [5, 5.41) is 10.7. The Kier molecular flexibility index (Phi) is 4.02. The predicted molar refractivity (Wildman–Crippen MR) is 108 cm³/mol. The van der Waals surface area contributed by atoms with Crippen molar-refractivity contribution in [3.05, 3.63) is 47.0 Å². The van der Waals surface area contributed by atoms with Gasteiger partial charge < -0.3 is 28.8 Å². The van der Waals surface area contributed by atoms with Crippen LogP contribution < -0.4 is 23.7 Å². The largest absolute Gasteiger partial charge is 0.493 e. The fraction of sp³-hybridized carbons (Fsp3) is 0.348. The number of ketones is 1. The van der Waals surface area contributed by atoms with Crippen LogP contribution in [-0.4, -0.2) is 43.1 Å². The normalized spacial score (nSPS) is 24.8. The van der Waals surface area contributed by atoms with Crippen LogP contribution in [-0.2, 0) is 0 Å². The Morgan fingerprint density at radius 2 is 1.77 bits per heavy atom. The van der Waals surface area contributed by atoms with Gasteiger partial charge in [-0.1, -0.05) is 0 Å². The van der Waals surface area contributed by atoms with Crippen LogP contribution in [0.5, 0.6) is 28.7 Å². The van der Waals surface area contributed by atoms with Gasteiger partial charge in [-0.05, 0) is 44.2 Å². The van der Waals surface area contributed by atoms with Crippen LogP contribution in [0.15, 0.2) is 30.3 Å². The van der Waals surface area contributed by atoms with Crippen molar-refractivity contribution in [1.29, 1.82) is 0 Å². The summed E-state index contributed by atoms with van der Waals surface area (Å²) in [4.78, 5) is 13.5. The molecule has 7 heteroatoms. The van der Waals surface area contributed by atoms with Gasteiger partial charge in [-0.2, -0.15) is 0 Å². The van der Waals surface area contributed by atoms with E-state index in [2.05, 4.69) is 0 Å². The predicted octanol–water partition coefficient (Wildman–Crippen LogP) is 3.33. The molecular weight excluding hydrogens is 388 g/mol. The molecule has 3 atom stereocenters. The van der Waals surface area contributed by atoms with Gasteiger partial charge in [-0.15, -0.1) is 0 Å². The number of hydrogen-bond acceptors (Lipinski definition) is 7. The number of fused-ring (bicyclic) bond motifs is 6. The van der Waals surface area contributed by atoms with Gasteiger partial charge >= 0.3 is 0 Å².